The Morgan fingerprint density at radius 1 is 1.46 bits per heavy atom. The molecule has 1 aromatic heterocycles. The van der Waals surface area contributed by atoms with Gasteiger partial charge in [-0.25, -0.2) is 4.57 Å². The van der Waals surface area contributed by atoms with Gasteiger partial charge in [0, 0.05) is 30.0 Å². The van der Waals surface area contributed by atoms with Crippen LogP contribution in [0, 0.1) is 11.5 Å². The van der Waals surface area contributed by atoms with E-state index in [0.29, 0.717) is 24.5 Å². The van der Waals surface area contributed by atoms with E-state index >= 15 is 0 Å². The van der Waals surface area contributed by atoms with Gasteiger partial charge in [-0.1, -0.05) is 0 Å². The highest BCUT2D eigenvalue weighted by Crippen LogP contribution is 2.23. The highest BCUT2D eigenvalue weighted by atomic mass is 16.1. The number of nitrogens with zero attached hydrogens (tertiary/aromatic N) is 4. The highest BCUT2D eigenvalue weighted by molar-refractivity contribution is 5.97. The Hall–Kier alpha value is -3.14. The van der Waals surface area contributed by atoms with Crippen LogP contribution >= 0.6 is 0 Å². The highest BCUT2D eigenvalue weighted by Gasteiger charge is 2.34. The number of primary amides is 1. The van der Waals surface area contributed by atoms with Gasteiger partial charge < -0.3 is 10.6 Å². The second-order valence-corrected chi connectivity index (χ2v) is 5.95. The molecule has 0 saturated carbocycles. The van der Waals surface area contributed by atoms with Crippen molar-refractivity contribution >= 4 is 28.9 Å². The van der Waals surface area contributed by atoms with Crippen LogP contribution in [0.5, 0.6) is 0 Å². The summed E-state index contributed by atoms with van der Waals surface area (Å²) in [7, 11) is 1.87. The van der Waals surface area contributed by atoms with Crippen molar-refractivity contribution in [1.82, 2.24) is 4.90 Å². The van der Waals surface area contributed by atoms with Crippen molar-refractivity contribution in [2.45, 2.75) is 12.5 Å². The van der Waals surface area contributed by atoms with Gasteiger partial charge in [-0.2, -0.15) is 10.2 Å². The zero-order chi connectivity index (χ0) is 17.3. The number of carbonyl (C=O) groups excluding carboxylic acids is 2. The molecule has 2 N–H and O–H groups in total. The fourth-order valence-corrected chi connectivity index (χ4v) is 3.13. The molecule has 1 saturated heterocycles. The van der Waals surface area contributed by atoms with Gasteiger partial charge >= 0.3 is 0 Å². The number of hydrogen-bond acceptors (Lipinski definition) is 4. The van der Waals surface area contributed by atoms with Crippen LogP contribution in [0.2, 0.25) is 0 Å². The molecule has 0 bridgehead atoms. The molecule has 7 nitrogen and oxygen atoms in total. The van der Waals surface area contributed by atoms with E-state index in [2.05, 4.69) is 6.19 Å². The largest absolute Gasteiger partial charge is 0.366 e. The first-order valence-electron chi connectivity index (χ1n) is 7.65. The average molecular weight is 324 g/mol. The average Bonchev–Trinajstić information content (AvgIpc) is 3.04. The number of carbonyl (C=O) groups is 2. The number of aromatic nitrogens is 1. The quantitative estimate of drug-likeness (QED) is 0.496. The maximum Gasteiger partial charge on any atom is 0.297 e. The second-order valence-electron chi connectivity index (χ2n) is 5.95. The summed E-state index contributed by atoms with van der Waals surface area (Å²) in [5.74, 6) is 0.225. The van der Waals surface area contributed by atoms with E-state index in [9.17, 15) is 9.59 Å². The summed E-state index contributed by atoms with van der Waals surface area (Å²) >= 11 is 0. The van der Waals surface area contributed by atoms with Crippen molar-refractivity contribution in [3.05, 3.63) is 36.0 Å². The van der Waals surface area contributed by atoms with E-state index < -0.39 is 5.91 Å². The zero-order valence-electron chi connectivity index (χ0n) is 13.3. The molecular weight excluding hydrogens is 306 g/mol. The molecule has 1 aliphatic rings. The first-order valence-corrected chi connectivity index (χ1v) is 7.65. The lowest BCUT2D eigenvalue weighted by Gasteiger charge is -2.18. The Morgan fingerprint density at radius 2 is 2.25 bits per heavy atom. The second kappa shape index (κ2) is 6.16. The summed E-state index contributed by atoms with van der Waals surface area (Å²) in [4.78, 5) is 26.4. The third-order valence-electron chi connectivity index (χ3n) is 4.43. The van der Waals surface area contributed by atoms with Crippen LogP contribution in [-0.4, -0.2) is 36.3 Å². The molecule has 7 heteroatoms. The molecule has 1 unspecified atom stereocenters. The van der Waals surface area contributed by atoms with Crippen molar-refractivity contribution in [2.24, 2.45) is 12.8 Å². The number of likely N-dealkylation sites (tertiary alicyclic amines) is 1. The van der Waals surface area contributed by atoms with Crippen molar-refractivity contribution < 1.29 is 14.2 Å². The number of nitrogens with two attached hydrogens (primary N) is 1. The fraction of sp³-hybridized carbons (Fsp3) is 0.294. The molecule has 1 atom stereocenters. The van der Waals surface area contributed by atoms with Crippen molar-refractivity contribution in [1.29, 1.82) is 5.26 Å². The summed E-state index contributed by atoms with van der Waals surface area (Å²) in [5, 5.41) is 10.8. The van der Waals surface area contributed by atoms with E-state index in [1.807, 2.05) is 29.9 Å². The number of hydrogen-bond donors (Lipinski definition) is 1. The van der Waals surface area contributed by atoms with Gasteiger partial charge in [-0.3, -0.25) is 9.59 Å². The Kier molecular flexibility index (Phi) is 4.04. The van der Waals surface area contributed by atoms with Gasteiger partial charge in [0.25, 0.3) is 12.2 Å². The molecule has 0 aliphatic carbocycles. The lowest BCUT2D eigenvalue weighted by Crippen LogP contribution is -2.44. The molecule has 1 fully saturated rings. The molecule has 2 amide bonds. The summed E-state index contributed by atoms with van der Waals surface area (Å²) < 4.78 is 1.87. The van der Waals surface area contributed by atoms with E-state index in [1.165, 1.54) is 0 Å². The molecular formula is C17H18N5O2+. The predicted molar refractivity (Wildman–Crippen MR) is 87.8 cm³/mol. The van der Waals surface area contributed by atoms with Crippen LogP contribution in [-0.2, 0) is 11.8 Å². The molecule has 2 aromatic rings. The van der Waals surface area contributed by atoms with Gasteiger partial charge in [-0.15, -0.1) is 0 Å². The molecule has 1 aliphatic heterocycles. The minimum absolute atomic E-state index is 0.0508. The van der Waals surface area contributed by atoms with E-state index in [4.69, 9.17) is 11.0 Å². The van der Waals surface area contributed by atoms with E-state index in [0.717, 1.165) is 23.6 Å². The van der Waals surface area contributed by atoms with Gasteiger partial charge in [0.05, 0.1) is 19.8 Å². The molecule has 0 spiro atoms. The Balaban J connectivity index is 2.03. The van der Waals surface area contributed by atoms with Crippen LogP contribution in [0.25, 0.3) is 10.8 Å². The number of pyridine rings is 1. The number of aryl methyl sites for hydroxylation is 1. The van der Waals surface area contributed by atoms with Crippen LogP contribution < -0.4 is 15.2 Å². The SMILES string of the molecule is C[n+]1cc2ccc(C(N)=O)cc2cc1N(C=O)C1CCN(C#N)C1. The van der Waals surface area contributed by atoms with Crippen LogP contribution in [0.4, 0.5) is 5.82 Å². The third-order valence-corrected chi connectivity index (χ3v) is 4.43. The maximum absolute atomic E-state index is 11.7. The van der Waals surface area contributed by atoms with Gasteiger partial charge in [0.1, 0.15) is 6.04 Å². The number of anilines is 1. The maximum atomic E-state index is 11.7. The Bertz CT molecular complexity index is 858. The lowest BCUT2D eigenvalue weighted by molar-refractivity contribution is -0.657. The van der Waals surface area contributed by atoms with E-state index in [-0.39, 0.29) is 6.04 Å². The lowest BCUT2D eigenvalue weighted by atomic mass is 10.1. The van der Waals surface area contributed by atoms with Crippen molar-refractivity contribution in [2.75, 3.05) is 18.0 Å². The third kappa shape index (κ3) is 2.74. The van der Waals surface area contributed by atoms with Gasteiger partial charge in [-0.05, 0) is 23.6 Å². The molecule has 2 heterocycles. The topological polar surface area (TPSA) is 94.3 Å². The van der Waals surface area contributed by atoms with Crippen LogP contribution in [0.1, 0.15) is 16.8 Å². The smallest absolute Gasteiger partial charge is 0.297 e. The monoisotopic (exact) mass is 324 g/mol. The number of rotatable bonds is 4. The number of benzene rings is 1. The van der Waals surface area contributed by atoms with E-state index in [1.54, 1.807) is 21.9 Å². The standard InChI is InChI=1S/C17H17N5O2/c1-20-8-13-3-2-12(17(19)24)6-14(13)7-16(20)22(11-23)15-4-5-21(9-15)10-18/h2-3,6-8,11,15H,4-5,9H2,1H3,(H-,19,24)/p+1. The number of amides is 2. The van der Waals surface area contributed by atoms with Gasteiger partial charge in [0.15, 0.2) is 6.19 Å². The van der Waals surface area contributed by atoms with Crippen LogP contribution in [0.15, 0.2) is 30.5 Å². The first-order chi connectivity index (χ1) is 11.5. The molecule has 1 aromatic carbocycles. The zero-order valence-corrected chi connectivity index (χ0v) is 13.3. The summed E-state index contributed by atoms with van der Waals surface area (Å²) in [6, 6.07) is 7.05. The minimum Gasteiger partial charge on any atom is -0.366 e. The normalized spacial score (nSPS) is 16.8. The number of fused-ring (bicyclic) bond motifs is 1. The summed E-state index contributed by atoms with van der Waals surface area (Å²) in [5.41, 5.74) is 5.77. The van der Waals surface area contributed by atoms with Gasteiger partial charge in [0.2, 0.25) is 5.91 Å². The summed E-state index contributed by atoms with van der Waals surface area (Å²) in [6.45, 7) is 1.17. The predicted octanol–water partition coefficient (Wildman–Crippen LogP) is 0.281. The Morgan fingerprint density at radius 3 is 2.88 bits per heavy atom. The fourth-order valence-electron chi connectivity index (χ4n) is 3.13. The van der Waals surface area contributed by atoms with Crippen molar-refractivity contribution in [3.63, 3.8) is 0 Å². The van der Waals surface area contributed by atoms with Crippen molar-refractivity contribution in [3.8, 4) is 6.19 Å². The Labute approximate surface area is 139 Å². The first kappa shape index (κ1) is 15.7. The molecule has 3 rings (SSSR count). The summed E-state index contributed by atoms with van der Waals surface area (Å²) in [6.07, 6.45) is 5.56. The minimum atomic E-state index is -0.487. The number of nitriles is 1. The molecule has 0 radical (unpaired) electrons. The molecule has 122 valence electrons. The molecule has 24 heavy (non-hydrogen) atoms. The van der Waals surface area contributed by atoms with Crippen LogP contribution in [0.3, 0.4) is 0 Å².